The number of imidazole rings is 1. The van der Waals surface area contributed by atoms with E-state index in [9.17, 15) is 4.79 Å². The van der Waals surface area contributed by atoms with Crippen molar-refractivity contribution in [3.05, 3.63) is 65.0 Å². The predicted octanol–water partition coefficient (Wildman–Crippen LogP) is 3.18. The summed E-state index contributed by atoms with van der Waals surface area (Å²) in [6.07, 6.45) is 4.55. The molecule has 1 aliphatic rings. The van der Waals surface area contributed by atoms with Crippen molar-refractivity contribution in [3.63, 3.8) is 0 Å². The fraction of sp³-hybridized carbons (Fsp3) is 0.409. The van der Waals surface area contributed by atoms with E-state index in [-0.39, 0.29) is 12.0 Å². The molecule has 4 rings (SSSR count). The van der Waals surface area contributed by atoms with Crippen LogP contribution >= 0.6 is 11.6 Å². The number of ether oxygens (including phenoxy) is 2. The zero-order valence-electron chi connectivity index (χ0n) is 17.5. The highest BCUT2D eigenvalue weighted by molar-refractivity contribution is 6.30. The standard InChI is InChI=1S/C22H26ClN5O3/c1-16-24-8-10-27(16)9-6-22(29)28-11-13-31-21(15-28)20-14-18(25-26-20)7-12-30-19-4-2-17(23)3-5-19/h2-5,8,10,14,21H,6-7,9,11-13,15H2,1H3,(H,25,26)/t21-/m0/s1. The summed E-state index contributed by atoms with van der Waals surface area (Å²) in [4.78, 5) is 18.7. The number of hydrogen-bond donors (Lipinski definition) is 1. The molecular weight excluding hydrogens is 418 g/mol. The third-order valence-electron chi connectivity index (χ3n) is 5.34. The van der Waals surface area contributed by atoms with Gasteiger partial charge in [-0.3, -0.25) is 9.89 Å². The maximum absolute atomic E-state index is 12.7. The van der Waals surface area contributed by atoms with Crippen LogP contribution < -0.4 is 4.74 Å². The highest BCUT2D eigenvalue weighted by Gasteiger charge is 2.27. The van der Waals surface area contributed by atoms with Gasteiger partial charge in [0.2, 0.25) is 5.91 Å². The number of aromatic nitrogens is 4. The van der Waals surface area contributed by atoms with Crippen LogP contribution in [0.15, 0.2) is 42.7 Å². The summed E-state index contributed by atoms with van der Waals surface area (Å²) in [6.45, 7) is 4.70. The van der Waals surface area contributed by atoms with E-state index >= 15 is 0 Å². The van der Waals surface area contributed by atoms with E-state index in [1.54, 1.807) is 18.3 Å². The van der Waals surface area contributed by atoms with Crippen molar-refractivity contribution in [2.45, 2.75) is 32.4 Å². The number of carbonyl (C=O) groups is 1. The molecule has 3 heterocycles. The zero-order valence-corrected chi connectivity index (χ0v) is 18.2. The second kappa shape index (κ2) is 9.98. The maximum Gasteiger partial charge on any atom is 0.224 e. The monoisotopic (exact) mass is 443 g/mol. The number of amides is 1. The van der Waals surface area contributed by atoms with Gasteiger partial charge in [-0.05, 0) is 37.3 Å². The summed E-state index contributed by atoms with van der Waals surface area (Å²) >= 11 is 5.89. The molecule has 0 aliphatic carbocycles. The fourth-order valence-corrected chi connectivity index (χ4v) is 3.68. The van der Waals surface area contributed by atoms with E-state index in [4.69, 9.17) is 21.1 Å². The molecule has 2 aromatic heterocycles. The summed E-state index contributed by atoms with van der Waals surface area (Å²) in [6, 6.07) is 9.27. The quantitative estimate of drug-likeness (QED) is 0.578. The summed E-state index contributed by atoms with van der Waals surface area (Å²) in [5.74, 6) is 1.81. The van der Waals surface area contributed by atoms with Crippen LogP contribution in [0.4, 0.5) is 0 Å². The van der Waals surface area contributed by atoms with Crippen LogP contribution in [-0.4, -0.2) is 56.9 Å². The Balaban J connectivity index is 1.26. The molecule has 0 bridgehead atoms. The molecule has 0 unspecified atom stereocenters. The van der Waals surface area contributed by atoms with Gasteiger partial charge in [0, 0.05) is 49.0 Å². The Bertz CT molecular complexity index is 1000. The van der Waals surface area contributed by atoms with E-state index in [1.165, 1.54) is 0 Å². The van der Waals surface area contributed by atoms with Crippen molar-refractivity contribution in [2.75, 3.05) is 26.3 Å². The highest BCUT2D eigenvalue weighted by Crippen LogP contribution is 2.22. The molecule has 3 aromatic rings. The van der Waals surface area contributed by atoms with Crippen LogP contribution in [0.2, 0.25) is 5.02 Å². The number of halogens is 1. The lowest BCUT2D eigenvalue weighted by Crippen LogP contribution is -2.42. The maximum atomic E-state index is 12.7. The van der Waals surface area contributed by atoms with Gasteiger partial charge in [0.05, 0.1) is 25.5 Å². The number of nitrogens with zero attached hydrogens (tertiary/aromatic N) is 4. The molecule has 1 saturated heterocycles. The zero-order chi connectivity index (χ0) is 21.6. The summed E-state index contributed by atoms with van der Waals surface area (Å²) in [7, 11) is 0. The summed E-state index contributed by atoms with van der Waals surface area (Å²) in [5, 5.41) is 8.13. The molecule has 1 fully saturated rings. The molecular formula is C22H26ClN5O3. The average molecular weight is 444 g/mol. The van der Waals surface area contributed by atoms with Crippen LogP contribution in [0, 0.1) is 6.92 Å². The van der Waals surface area contributed by atoms with Crippen LogP contribution in [0.3, 0.4) is 0 Å². The van der Waals surface area contributed by atoms with Crippen LogP contribution in [0.25, 0.3) is 0 Å². The number of aryl methyl sites for hydroxylation is 2. The Morgan fingerprint density at radius 2 is 2.19 bits per heavy atom. The molecule has 0 saturated carbocycles. The fourth-order valence-electron chi connectivity index (χ4n) is 3.55. The Morgan fingerprint density at radius 3 is 2.97 bits per heavy atom. The average Bonchev–Trinajstić information content (AvgIpc) is 3.42. The number of rotatable bonds is 8. The smallest absolute Gasteiger partial charge is 0.224 e. The molecule has 0 radical (unpaired) electrons. The van der Waals surface area contributed by atoms with Crippen LogP contribution in [0.5, 0.6) is 5.75 Å². The van der Waals surface area contributed by atoms with E-state index in [0.29, 0.717) is 50.7 Å². The first kappa shape index (κ1) is 21.4. The van der Waals surface area contributed by atoms with Crippen molar-refractivity contribution in [1.29, 1.82) is 0 Å². The molecule has 1 N–H and O–H groups in total. The predicted molar refractivity (Wildman–Crippen MR) is 116 cm³/mol. The minimum absolute atomic E-state index is 0.119. The van der Waals surface area contributed by atoms with Crippen molar-refractivity contribution in [1.82, 2.24) is 24.6 Å². The molecule has 1 aromatic carbocycles. The highest BCUT2D eigenvalue weighted by atomic mass is 35.5. The Hall–Kier alpha value is -2.84. The van der Waals surface area contributed by atoms with Gasteiger partial charge in [-0.2, -0.15) is 5.10 Å². The molecule has 164 valence electrons. The number of carbonyl (C=O) groups excluding carboxylic acids is 1. The van der Waals surface area contributed by atoms with E-state index in [1.807, 2.05) is 40.8 Å². The first-order valence-electron chi connectivity index (χ1n) is 10.4. The van der Waals surface area contributed by atoms with Crippen molar-refractivity contribution in [3.8, 4) is 5.75 Å². The number of hydrogen-bond acceptors (Lipinski definition) is 5. The second-order valence-electron chi connectivity index (χ2n) is 7.49. The van der Waals surface area contributed by atoms with E-state index in [0.717, 1.165) is 23.0 Å². The van der Waals surface area contributed by atoms with Gasteiger partial charge in [0.25, 0.3) is 0 Å². The lowest BCUT2D eigenvalue weighted by Gasteiger charge is -2.32. The van der Waals surface area contributed by atoms with Crippen LogP contribution in [-0.2, 0) is 22.5 Å². The van der Waals surface area contributed by atoms with Gasteiger partial charge in [0.1, 0.15) is 17.7 Å². The van der Waals surface area contributed by atoms with E-state index < -0.39 is 0 Å². The third-order valence-corrected chi connectivity index (χ3v) is 5.60. The number of benzene rings is 1. The summed E-state index contributed by atoms with van der Waals surface area (Å²) < 4.78 is 13.6. The van der Waals surface area contributed by atoms with Gasteiger partial charge < -0.3 is 18.9 Å². The largest absolute Gasteiger partial charge is 0.493 e. The topological polar surface area (TPSA) is 85.3 Å². The molecule has 8 nitrogen and oxygen atoms in total. The first-order chi connectivity index (χ1) is 15.1. The molecule has 31 heavy (non-hydrogen) atoms. The third kappa shape index (κ3) is 5.65. The van der Waals surface area contributed by atoms with Crippen molar-refractivity contribution < 1.29 is 14.3 Å². The summed E-state index contributed by atoms with van der Waals surface area (Å²) in [5.41, 5.74) is 1.77. The number of H-pyrrole nitrogens is 1. The molecule has 1 amide bonds. The minimum Gasteiger partial charge on any atom is -0.493 e. The molecule has 0 spiro atoms. The minimum atomic E-state index is -0.227. The lowest BCUT2D eigenvalue weighted by molar-refractivity contribution is -0.139. The SMILES string of the molecule is Cc1nccn1CCC(=O)N1CCO[C@H](c2cc(CCOc3ccc(Cl)cc3)[nH]n2)C1. The normalized spacial score (nSPS) is 16.5. The molecule has 1 aliphatic heterocycles. The first-order valence-corrected chi connectivity index (χ1v) is 10.8. The Labute approximate surface area is 186 Å². The van der Waals surface area contributed by atoms with Gasteiger partial charge in [-0.25, -0.2) is 4.98 Å². The van der Waals surface area contributed by atoms with Gasteiger partial charge in [-0.1, -0.05) is 11.6 Å². The number of aromatic amines is 1. The van der Waals surface area contributed by atoms with E-state index in [2.05, 4.69) is 15.2 Å². The van der Waals surface area contributed by atoms with Crippen molar-refractivity contribution >= 4 is 17.5 Å². The molecule has 1 atom stereocenters. The lowest BCUT2D eigenvalue weighted by atomic mass is 10.1. The number of nitrogens with one attached hydrogen (secondary N) is 1. The number of morpholine rings is 1. The van der Waals surface area contributed by atoms with Gasteiger partial charge in [-0.15, -0.1) is 0 Å². The Morgan fingerprint density at radius 1 is 1.35 bits per heavy atom. The second-order valence-corrected chi connectivity index (χ2v) is 7.92. The van der Waals surface area contributed by atoms with Gasteiger partial charge >= 0.3 is 0 Å². The Kier molecular flexibility index (Phi) is 6.89. The van der Waals surface area contributed by atoms with Crippen molar-refractivity contribution in [2.24, 2.45) is 0 Å². The van der Waals surface area contributed by atoms with Crippen LogP contribution in [0.1, 0.15) is 29.7 Å². The molecule has 9 heteroatoms. The van der Waals surface area contributed by atoms with Gasteiger partial charge in [0.15, 0.2) is 0 Å².